The van der Waals surface area contributed by atoms with E-state index in [-0.39, 0.29) is 21.6 Å². The van der Waals surface area contributed by atoms with E-state index >= 15 is 0 Å². The highest BCUT2D eigenvalue weighted by Gasteiger charge is 2.38. The molecule has 3 heterocycles. The molecule has 1 saturated heterocycles. The number of nitro groups is 1. The molecular weight excluding hydrogens is 518 g/mol. The van der Waals surface area contributed by atoms with E-state index in [2.05, 4.69) is 15.1 Å². The van der Waals surface area contributed by atoms with Crippen molar-refractivity contribution in [2.24, 2.45) is 0 Å². The second-order valence-electron chi connectivity index (χ2n) is 8.56. The maximum atomic E-state index is 13.5. The van der Waals surface area contributed by atoms with Gasteiger partial charge in [0, 0.05) is 30.1 Å². The van der Waals surface area contributed by atoms with Crippen molar-refractivity contribution in [1.82, 2.24) is 15.1 Å². The van der Waals surface area contributed by atoms with Crippen molar-refractivity contribution in [3.05, 3.63) is 73.6 Å². The Morgan fingerprint density at radius 3 is 2.57 bits per heavy atom. The number of nitrogens with zero attached hydrogens (tertiary/aromatic N) is 5. The number of anilines is 1. The van der Waals surface area contributed by atoms with Crippen LogP contribution in [-0.2, 0) is 6.18 Å². The molecule has 5 rings (SSSR count). The highest BCUT2D eigenvalue weighted by Crippen LogP contribution is 2.42. The maximum absolute atomic E-state index is 13.5. The van der Waals surface area contributed by atoms with Crippen molar-refractivity contribution in [3.63, 3.8) is 0 Å². The molecule has 4 aromatic rings. The average Bonchev–Trinajstić information content (AvgIpc) is 3.33. The highest BCUT2D eigenvalue weighted by atomic mass is 32.1. The third-order valence-electron chi connectivity index (χ3n) is 6.26. The zero-order chi connectivity index (χ0) is 26.5. The first-order valence-corrected chi connectivity index (χ1v) is 11.9. The van der Waals surface area contributed by atoms with Crippen LogP contribution in [0.15, 0.2) is 39.6 Å². The molecule has 2 aromatic carbocycles. The second-order valence-corrected chi connectivity index (χ2v) is 9.54. The molecule has 192 valence electrons. The monoisotopic (exact) mass is 535 g/mol. The Balaban J connectivity index is 1.41. The van der Waals surface area contributed by atoms with Crippen LogP contribution in [0.5, 0.6) is 0 Å². The van der Waals surface area contributed by atoms with Crippen molar-refractivity contribution in [1.29, 1.82) is 0 Å². The minimum Gasteiger partial charge on any atom is -0.348 e. The number of hydrogen-bond donors (Lipinski definition) is 0. The number of nitro benzene ring substituents is 1. The molecule has 0 amide bonds. The molecule has 14 heteroatoms. The van der Waals surface area contributed by atoms with Crippen molar-refractivity contribution < 1.29 is 27.0 Å². The van der Waals surface area contributed by atoms with Crippen molar-refractivity contribution >= 4 is 32.2 Å². The summed E-state index contributed by atoms with van der Waals surface area (Å²) in [4.78, 5) is 33.5. The summed E-state index contributed by atoms with van der Waals surface area (Å²) < 4.78 is 59.0. The fraction of sp³-hybridized carbons (Fsp3) is 0.304. The van der Waals surface area contributed by atoms with Gasteiger partial charge in [-0.15, -0.1) is 0 Å². The van der Waals surface area contributed by atoms with Gasteiger partial charge in [-0.05, 0) is 38.0 Å². The third kappa shape index (κ3) is 4.63. The van der Waals surface area contributed by atoms with Crippen LogP contribution in [0.25, 0.3) is 21.5 Å². The lowest BCUT2D eigenvalue weighted by molar-refractivity contribution is -0.383. The van der Waals surface area contributed by atoms with Gasteiger partial charge in [-0.1, -0.05) is 28.6 Å². The number of halogens is 4. The van der Waals surface area contributed by atoms with Crippen molar-refractivity contribution in [2.75, 3.05) is 18.0 Å². The molecule has 0 atom stereocenters. The molecule has 1 aliphatic heterocycles. The Hall–Kier alpha value is -3.94. The Bertz CT molecular complexity index is 1580. The van der Waals surface area contributed by atoms with E-state index in [1.165, 1.54) is 18.2 Å². The van der Waals surface area contributed by atoms with Gasteiger partial charge in [0.25, 0.3) is 11.2 Å². The maximum Gasteiger partial charge on any atom is 0.416 e. The minimum atomic E-state index is -4.86. The summed E-state index contributed by atoms with van der Waals surface area (Å²) in [6.45, 7) is 1.81. The molecule has 1 aliphatic rings. The molecule has 0 radical (unpaired) electrons. The molecule has 0 bridgehead atoms. The average molecular weight is 535 g/mol. The van der Waals surface area contributed by atoms with Crippen LogP contribution in [0.1, 0.15) is 35.8 Å². The molecule has 9 nitrogen and oxygen atoms in total. The van der Waals surface area contributed by atoms with E-state index in [9.17, 15) is 32.5 Å². The second kappa shape index (κ2) is 9.18. The van der Waals surface area contributed by atoms with E-state index < -0.39 is 44.7 Å². The third-order valence-corrected chi connectivity index (χ3v) is 7.41. The first-order chi connectivity index (χ1) is 17.5. The summed E-state index contributed by atoms with van der Waals surface area (Å²) in [5.41, 5.74) is -3.02. The van der Waals surface area contributed by atoms with Crippen LogP contribution in [0, 0.1) is 22.9 Å². The number of hydrogen-bond acceptors (Lipinski definition) is 9. The molecular formula is C23H17F4N5O4S. The minimum absolute atomic E-state index is 0.117. The molecule has 0 N–H and O–H groups in total. The van der Waals surface area contributed by atoms with E-state index in [1.54, 1.807) is 11.0 Å². The van der Waals surface area contributed by atoms with E-state index in [4.69, 9.17) is 4.52 Å². The number of alkyl halides is 3. The summed E-state index contributed by atoms with van der Waals surface area (Å²) in [5.74, 6) is 0.0926. The lowest BCUT2D eigenvalue weighted by atomic mass is 9.97. The first-order valence-electron chi connectivity index (χ1n) is 11.1. The van der Waals surface area contributed by atoms with Crippen LogP contribution in [0.4, 0.5) is 28.4 Å². The van der Waals surface area contributed by atoms with E-state index in [0.717, 1.165) is 18.3 Å². The van der Waals surface area contributed by atoms with Gasteiger partial charge in [0.05, 0.1) is 15.9 Å². The van der Waals surface area contributed by atoms with E-state index in [1.807, 2.05) is 0 Å². The number of benzene rings is 2. The summed E-state index contributed by atoms with van der Waals surface area (Å²) >= 11 is 0.815. The Morgan fingerprint density at radius 2 is 1.92 bits per heavy atom. The Morgan fingerprint density at radius 1 is 1.19 bits per heavy atom. The zero-order valence-electron chi connectivity index (χ0n) is 19.1. The van der Waals surface area contributed by atoms with Crippen LogP contribution in [0.2, 0.25) is 0 Å². The van der Waals surface area contributed by atoms with Crippen LogP contribution in [-0.4, -0.2) is 33.1 Å². The number of piperidine rings is 1. The molecule has 2 aromatic heterocycles. The standard InChI is InChI=1S/C23H17F4N5O4S/c1-11-16(23(25,26)27)10-15-18(17(11)32(34)35)37-22(29-20(15)33)31-7-5-12(6-8-31)21-28-19(30-36-21)13-3-2-4-14(24)9-13/h2-4,9-10,12H,5-8H2,1H3. The van der Waals surface area contributed by atoms with Crippen molar-refractivity contribution in [3.8, 4) is 11.4 Å². The lowest BCUT2D eigenvalue weighted by Gasteiger charge is -2.30. The highest BCUT2D eigenvalue weighted by molar-refractivity contribution is 7.22. The smallest absolute Gasteiger partial charge is 0.348 e. The first kappa shape index (κ1) is 24.7. The lowest BCUT2D eigenvalue weighted by Crippen LogP contribution is -2.34. The number of rotatable bonds is 4. The zero-order valence-corrected chi connectivity index (χ0v) is 19.9. The quantitative estimate of drug-likeness (QED) is 0.192. The van der Waals surface area contributed by atoms with Crippen LogP contribution < -0.4 is 10.5 Å². The summed E-state index contributed by atoms with van der Waals surface area (Å²) in [6, 6.07) is 6.43. The van der Waals surface area contributed by atoms with Gasteiger partial charge in [0.1, 0.15) is 10.5 Å². The normalized spacial score (nSPS) is 14.9. The molecule has 1 fully saturated rings. The summed E-state index contributed by atoms with van der Waals surface area (Å²) in [7, 11) is 0. The fourth-order valence-electron chi connectivity index (χ4n) is 4.38. The Labute approximate surface area is 209 Å². The molecule has 0 aliphatic carbocycles. The van der Waals surface area contributed by atoms with Gasteiger partial charge in [0.2, 0.25) is 11.7 Å². The van der Waals surface area contributed by atoms with Crippen LogP contribution >= 0.6 is 11.3 Å². The van der Waals surface area contributed by atoms with Crippen LogP contribution in [0.3, 0.4) is 0 Å². The number of fused-ring (bicyclic) bond motifs is 1. The van der Waals surface area contributed by atoms with Crippen molar-refractivity contribution in [2.45, 2.75) is 31.9 Å². The van der Waals surface area contributed by atoms with Gasteiger partial charge < -0.3 is 9.42 Å². The van der Waals surface area contributed by atoms with Gasteiger partial charge >= 0.3 is 6.18 Å². The van der Waals surface area contributed by atoms with E-state index in [0.29, 0.717) is 43.5 Å². The summed E-state index contributed by atoms with van der Waals surface area (Å²) in [6.07, 6.45) is -3.80. The molecule has 0 unspecified atom stereocenters. The fourth-order valence-corrected chi connectivity index (χ4v) is 5.58. The van der Waals surface area contributed by atoms with Gasteiger partial charge in [-0.2, -0.15) is 23.1 Å². The SMILES string of the molecule is Cc1c(C(F)(F)F)cc2c(=O)nc(N3CCC(c4nc(-c5cccc(F)c5)no4)CC3)sc2c1[N+](=O)[O-]. The largest absolute Gasteiger partial charge is 0.416 e. The molecule has 37 heavy (non-hydrogen) atoms. The predicted octanol–water partition coefficient (Wildman–Crippen LogP) is 5.47. The summed E-state index contributed by atoms with van der Waals surface area (Å²) in [5, 5.41) is 15.4. The van der Waals surface area contributed by atoms with Gasteiger partial charge in [0.15, 0.2) is 5.13 Å². The van der Waals surface area contributed by atoms with Gasteiger partial charge in [-0.25, -0.2) is 4.39 Å². The predicted molar refractivity (Wildman–Crippen MR) is 126 cm³/mol. The van der Waals surface area contributed by atoms with Gasteiger partial charge in [-0.3, -0.25) is 14.9 Å². The molecule has 0 spiro atoms. The number of aromatic nitrogens is 3. The topological polar surface area (TPSA) is 115 Å². The molecule has 0 saturated carbocycles. The Kier molecular flexibility index (Phi) is 6.14.